The molecular weight excluding hydrogens is 322 g/mol. The molecule has 0 aliphatic rings. The fourth-order valence-corrected chi connectivity index (χ4v) is 2.12. The summed E-state index contributed by atoms with van der Waals surface area (Å²) in [6, 6.07) is 12.4. The third-order valence-electron chi connectivity index (χ3n) is 3.28. The largest absolute Gasteiger partial charge is 0.493 e. The third-order valence-corrected chi connectivity index (χ3v) is 3.58. The van der Waals surface area contributed by atoms with Crippen LogP contribution in [0, 0.1) is 0 Å². The molecule has 0 aromatic heterocycles. The molecule has 2 aromatic rings. The van der Waals surface area contributed by atoms with Crippen molar-refractivity contribution in [1.29, 1.82) is 0 Å². The molecule has 1 amide bonds. The molecular formula is C19H21NO3S. The van der Waals surface area contributed by atoms with E-state index in [0.717, 1.165) is 4.90 Å². The number of amides is 1. The van der Waals surface area contributed by atoms with E-state index in [1.54, 1.807) is 37.4 Å². The van der Waals surface area contributed by atoms with Crippen LogP contribution < -0.4 is 14.8 Å². The normalized spacial score (nSPS) is 10.0. The zero-order valence-corrected chi connectivity index (χ0v) is 14.9. The van der Waals surface area contributed by atoms with Crippen LogP contribution in [0.25, 0.3) is 0 Å². The monoisotopic (exact) mass is 343 g/mol. The Balaban J connectivity index is 2.11. The van der Waals surface area contributed by atoms with Crippen LogP contribution in [0.4, 0.5) is 5.69 Å². The molecule has 4 nitrogen and oxygen atoms in total. The zero-order chi connectivity index (χ0) is 17.5. The lowest BCUT2D eigenvalue weighted by Gasteiger charge is -2.11. The minimum Gasteiger partial charge on any atom is -0.493 e. The van der Waals surface area contributed by atoms with Gasteiger partial charge in [0.1, 0.15) is 6.61 Å². The Morgan fingerprint density at radius 1 is 1.12 bits per heavy atom. The van der Waals surface area contributed by atoms with Crippen molar-refractivity contribution in [2.24, 2.45) is 0 Å². The highest BCUT2D eigenvalue weighted by molar-refractivity contribution is 7.80. The summed E-state index contributed by atoms with van der Waals surface area (Å²) < 4.78 is 11.0. The van der Waals surface area contributed by atoms with Crippen molar-refractivity contribution in [1.82, 2.24) is 0 Å². The number of carbonyl (C=O) groups excluding carboxylic acids is 1. The number of anilines is 1. The number of methoxy groups -OCH3 is 1. The minimum atomic E-state index is -0.212. The molecule has 0 spiro atoms. The van der Waals surface area contributed by atoms with Gasteiger partial charge in [0.15, 0.2) is 11.5 Å². The average Bonchev–Trinajstić information content (AvgIpc) is 2.56. The van der Waals surface area contributed by atoms with Gasteiger partial charge in [-0.05, 0) is 62.4 Å². The van der Waals surface area contributed by atoms with Gasteiger partial charge in [-0.25, -0.2) is 0 Å². The molecule has 5 heteroatoms. The first-order valence-corrected chi connectivity index (χ1v) is 7.99. The SMILES string of the molecule is COc1cc(C(=O)Nc2ccc(S)cc2)ccc1OCC=C(C)C. The van der Waals surface area contributed by atoms with E-state index in [-0.39, 0.29) is 5.91 Å². The standard InChI is InChI=1S/C19H21NO3S/c1-13(2)10-11-23-17-9-4-14(12-18(17)22-3)19(21)20-15-5-7-16(24)8-6-15/h4-10,12,24H,11H2,1-3H3,(H,20,21). The first kappa shape index (κ1) is 17.9. The first-order chi connectivity index (χ1) is 11.5. The van der Waals surface area contributed by atoms with Crippen LogP contribution in [0.3, 0.4) is 0 Å². The van der Waals surface area contributed by atoms with E-state index in [1.165, 1.54) is 5.57 Å². The van der Waals surface area contributed by atoms with Gasteiger partial charge in [0, 0.05) is 16.1 Å². The summed E-state index contributed by atoms with van der Waals surface area (Å²) in [5.41, 5.74) is 2.38. The van der Waals surface area contributed by atoms with E-state index in [0.29, 0.717) is 29.4 Å². The molecule has 0 aliphatic heterocycles. The predicted octanol–water partition coefficient (Wildman–Crippen LogP) is 4.58. The summed E-state index contributed by atoms with van der Waals surface area (Å²) in [6.07, 6.45) is 1.98. The fourth-order valence-electron chi connectivity index (χ4n) is 1.97. The van der Waals surface area contributed by atoms with E-state index in [2.05, 4.69) is 17.9 Å². The van der Waals surface area contributed by atoms with Crippen molar-refractivity contribution in [3.05, 3.63) is 59.7 Å². The van der Waals surface area contributed by atoms with Gasteiger partial charge in [-0.1, -0.05) is 5.57 Å². The van der Waals surface area contributed by atoms with Crippen molar-refractivity contribution in [2.45, 2.75) is 18.7 Å². The molecule has 0 aliphatic carbocycles. The quantitative estimate of drug-likeness (QED) is 0.596. The number of benzene rings is 2. The second-order valence-electron chi connectivity index (χ2n) is 5.46. The molecule has 0 unspecified atom stereocenters. The number of rotatable bonds is 6. The maximum Gasteiger partial charge on any atom is 0.255 e. The Morgan fingerprint density at radius 2 is 1.83 bits per heavy atom. The van der Waals surface area contributed by atoms with Crippen molar-refractivity contribution in [2.75, 3.05) is 19.0 Å². The van der Waals surface area contributed by atoms with Gasteiger partial charge >= 0.3 is 0 Å². The van der Waals surface area contributed by atoms with Gasteiger partial charge in [-0.2, -0.15) is 0 Å². The molecule has 0 radical (unpaired) electrons. The van der Waals surface area contributed by atoms with Crippen LogP contribution in [0.5, 0.6) is 11.5 Å². The van der Waals surface area contributed by atoms with E-state index < -0.39 is 0 Å². The van der Waals surface area contributed by atoms with E-state index in [4.69, 9.17) is 9.47 Å². The Hall–Kier alpha value is -2.40. The van der Waals surface area contributed by atoms with Gasteiger partial charge in [0.05, 0.1) is 7.11 Å². The van der Waals surface area contributed by atoms with Crippen LogP contribution in [-0.2, 0) is 0 Å². The second-order valence-corrected chi connectivity index (χ2v) is 5.98. The molecule has 0 saturated carbocycles. The second kappa shape index (κ2) is 8.45. The van der Waals surface area contributed by atoms with E-state index in [9.17, 15) is 4.79 Å². The van der Waals surface area contributed by atoms with Crippen LogP contribution in [0.2, 0.25) is 0 Å². The fraction of sp³-hybridized carbons (Fsp3) is 0.211. The van der Waals surface area contributed by atoms with Gasteiger partial charge < -0.3 is 14.8 Å². The zero-order valence-electron chi connectivity index (χ0n) is 14.0. The molecule has 2 rings (SSSR count). The van der Waals surface area contributed by atoms with Gasteiger partial charge in [-0.3, -0.25) is 4.79 Å². The summed E-state index contributed by atoms with van der Waals surface area (Å²) in [5, 5.41) is 2.84. The van der Waals surface area contributed by atoms with Gasteiger partial charge in [0.2, 0.25) is 0 Å². The molecule has 0 bridgehead atoms. The lowest BCUT2D eigenvalue weighted by atomic mass is 10.2. The molecule has 126 valence electrons. The minimum absolute atomic E-state index is 0.212. The number of ether oxygens (including phenoxy) is 2. The van der Waals surface area contributed by atoms with Gasteiger partial charge in [0.25, 0.3) is 5.91 Å². The summed E-state index contributed by atoms with van der Waals surface area (Å²) in [4.78, 5) is 13.2. The number of carbonyl (C=O) groups is 1. The van der Waals surface area contributed by atoms with Crippen LogP contribution >= 0.6 is 12.6 Å². The smallest absolute Gasteiger partial charge is 0.255 e. The molecule has 0 saturated heterocycles. The van der Waals surface area contributed by atoms with Crippen molar-refractivity contribution < 1.29 is 14.3 Å². The van der Waals surface area contributed by atoms with Crippen molar-refractivity contribution in [3.63, 3.8) is 0 Å². The van der Waals surface area contributed by atoms with Crippen LogP contribution in [0.1, 0.15) is 24.2 Å². The first-order valence-electron chi connectivity index (χ1n) is 7.54. The third kappa shape index (κ3) is 5.06. The van der Waals surface area contributed by atoms with Crippen molar-refractivity contribution in [3.8, 4) is 11.5 Å². The highest BCUT2D eigenvalue weighted by Gasteiger charge is 2.11. The highest BCUT2D eigenvalue weighted by atomic mass is 32.1. The topological polar surface area (TPSA) is 47.6 Å². The summed E-state index contributed by atoms with van der Waals surface area (Å²) in [6.45, 7) is 4.48. The van der Waals surface area contributed by atoms with E-state index >= 15 is 0 Å². The van der Waals surface area contributed by atoms with Gasteiger partial charge in [-0.15, -0.1) is 12.6 Å². The lowest BCUT2D eigenvalue weighted by molar-refractivity contribution is 0.102. The van der Waals surface area contributed by atoms with E-state index in [1.807, 2.05) is 32.1 Å². The van der Waals surface area contributed by atoms with Crippen molar-refractivity contribution >= 4 is 24.2 Å². The average molecular weight is 343 g/mol. The lowest BCUT2D eigenvalue weighted by Crippen LogP contribution is -2.12. The van der Waals surface area contributed by atoms with Crippen LogP contribution in [-0.4, -0.2) is 19.6 Å². The molecule has 2 aromatic carbocycles. The van der Waals surface area contributed by atoms with Crippen LogP contribution in [0.15, 0.2) is 59.0 Å². The highest BCUT2D eigenvalue weighted by Crippen LogP contribution is 2.28. The summed E-state index contributed by atoms with van der Waals surface area (Å²) in [7, 11) is 1.55. The molecule has 1 N–H and O–H groups in total. The Labute approximate surface area is 147 Å². The Morgan fingerprint density at radius 3 is 2.46 bits per heavy atom. The maximum absolute atomic E-state index is 12.3. The predicted molar refractivity (Wildman–Crippen MR) is 99.6 cm³/mol. The number of allylic oxidation sites excluding steroid dienone is 1. The number of hydrogen-bond donors (Lipinski definition) is 2. The summed E-state index contributed by atoms with van der Waals surface area (Å²) in [5.74, 6) is 0.914. The molecule has 24 heavy (non-hydrogen) atoms. The number of nitrogens with one attached hydrogen (secondary N) is 1. The summed E-state index contributed by atoms with van der Waals surface area (Å²) >= 11 is 4.22. The molecule has 0 fully saturated rings. The Bertz CT molecular complexity index is 735. The Kier molecular flexibility index (Phi) is 6.32. The number of hydrogen-bond acceptors (Lipinski definition) is 4. The maximum atomic E-state index is 12.3. The number of thiol groups is 1. The molecule has 0 heterocycles. The molecule has 0 atom stereocenters.